The van der Waals surface area contributed by atoms with Crippen LogP contribution in [0.5, 0.6) is 0 Å². The summed E-state index contributed by atoms with van der Waals surface area (Å²) in [7, 11) is 0. The van der Waals surface area contributed by atoms with Gasteiger partial charge in [-0.1, -0.05) is 0 Å². The van der Waals surface area contributed by atoms with Gasteiger partial charge in [-0.05, 0) is 49.9 Å². The summed E-state index contributed by atoms with van der Waals surface area (Å²) in [6, 6.07) is 6.17. The SMILES string of the molecule is Cc1cc(F)ccc1N1CCC(N2CCN3C(=O)CCC3C2)CC1. The Hall–Kier alpha value is -1.62. The molecular formula is C19H26FN3O. The third kappa shape index (κ3) is 2.90. The van der Waals surface area contributed by atoms with Gasteiger partial charge in [0.15, 0.2) is 0 Å². The Labute approximate surface area is 143 Å². The lowest BCUT2D eigenvalue weighted by Gasteiger charge is -2.45. The number of amides is 1. The molecule has 1 unspecified atom stereocenters. The summed E-state index contributed by atoms with van der Waals surface area (Å²) in [5, 5.41) is 0. The minimum absolute atomic E-state index is 0.157. The standard InChI is InChI=1S/C19H26FN3O/c1-14-12-15(20)2-4-18(14)21-8-6-16(7-9-21)22-10-11-23-17(13-22)3-5-19(23)24/h2,4,12,16-17H,3,5-11,13H2,1H3. The normalized spacial score (nSPS) is 26.1. The van der Waals surface area contributed by atoms with Crippen LogP contribution < -0.4 is 4.90 Å². The number of aryl methyl sites for hydroxylation is 1. The van der Waals surface area contributed by atoms with E-state index in [-0.39, 0.29) is 5.82 Å². The number of anilines is 1. The van der Waals surface area contributed by atoms with Gasteiger partial charge < -0.3 is 9.80 Å². The largest absolute Gasteiger partial charge is 0.371 e. The van der Waals surface area contributed by atoms with Crippen molar-refractivity contribution >= 4 is 11.6 Å². The molecule has 3 saturated heterocycles. The van der Waals surface area contributed by atoms with Gasteiger partial charge in [0, 0.05) is 56.9 Å². The Morgan fingerprint density at radius 3 is 2.58 bits per heavy atom. The van der Waals surface area contributed by atoms with Crippen LogP contribution in [0.3, 0.4) is 0 Å². The summed E-state index contributed by atoms with van der Waals surface area (Å²) in [5.41, 5.74) is 2.19. The molecule has 3 heterocycles. The molecule has 4 rings (SSSR count). The summed E-state index contributed by atoms with van der Waals surface area (Å²) in [6.45, 7) is 7.01. The van der Waals surface area contributed by atoms with Gasteiger partial charge in [-0.3, -0.25) is 9.69 Å². The fourth-order valence-electron chi connectivity index (χ4n) is 4.67. The first-order valence-corrected chi connectivity index (χ1v) is 9.16. The third-order valence-corrected chi connectivity index (χ3v) is 6.01. The molecule has 0 N–H and O–H groups in total. The summed E-state index contributed by atoms with van der Waals surface area (Å²) >= 11 is 0. The second-order valence-electron chi connectivity index (χ2n) is 7.42. The lowest BCUT2D eigenvalue weighted by molar-refractivity contribution is -0.131. The van der Waals surface area contributed by atoms with E-state index in [9.17, 15) is 9.18 Å². The molecule has 0 bridgehead atoms. The zero-order valence-electron chi connectivity index (χ0n) is 14.4. The van der Waals surface area contributed by atoms with Gasteiger partial charge in [-0.2, -0.15) is 0 Å². The van der Waals surface area contributed by atoms with E-state index in [1.54, 1.807) is 12.1 Å². The molecule has 130 valence electrons. The van der Waals surface area contributed by atoms with E-state index >= 15 is 0 Å². The molecule has 24 heavy (non-hydrogen) atoms. The number of fused-ring (bicyclic) bond motifs is 1. The van der Waals surface area contributed by atoms with Gasteiger partial charge >= 0.3 is 0 Å². The summed E-state index contributed by atoms with van der Waals surface area (Å²) in [5.74, 6) is 0.191. The molecule has 1 atom stereocenters. The predicted octanol–water partition coefficient (Wildman–Crippen LogP) is 2.41. The predicted molar refractivity (Wildman–Crippen MR) is 92.7 cm³/mol. The molecule has 1 aromatic carbocycles. The van der Waals surface area contributed by atoms with Crippen molar-refractivity contribution in [3.8, 4) is 0 Å². The van der Waals surface area contributed by atoms with E-state index in [2.05, 4.69) is 14.7 Å². The summed E-state index contributed by atoms with van der Waals surface area (Å²) in [4.78, 5) is 18.9. The average Bonchev–Trinajstić information content (AvgIpc) is 2.96. The fourth-order valence-corrected chi connectivity index (χ4v) is 4.67. The number of carbonyl (C=O) groups excluding carboxylic acids is 1. The number of hydrogen-bond donors (Lipinski definition) is 0. The van der Waals surface area contributed by atoms with E-state index in [1.165, 1.54) is 5.69 Å². The molecule has 1 aromatic rings. The van der Waals surface area contributed by atoms with E-state index in [0.717, 1.165) is 64.0 Å². The number of hydrogen-bond acceptors (Lipinski definition) is 3. The van der Waals surface area contributed by atoms with Crippen LogP contribution >= 0.6 is 0 Å². The van der Waals surface area contributed by atoms with Gasteiger partial charge in [-0.25, -0.2) is 4.39 Å². The van der Waals surface area contributed by atoms with Crippen LogP contribution in [0.25, 0.3) is 0 Å². The molecule has 1 amide bonds. The number of piperidine rings is 1. The van der Waals surface area contributed by atoms with Gasteiger partial charge in [0.25, 0.3) is 0 Å². The highest BCUT2D eigenvalue weighted by Crippen LogP contribution is 2.29. The lowest BCUT2D eigenvalue weighted by Crippen LogP contribution is -2.56. The van der Waals surface area contributed by atoms with Crippen LogP contribution in [0.4, 0.5) is 10.1 Å². The molecule has 4 nitrogen and oxygen atoms in total. The van der Waals surface area contributed by atoms with Crippen LogP contribution in [0.1, 0.15) is 31.2 Å². The van der Waals surface area contributed by atoms with Gasteiger partial charge in [0.1, 0.15) is 5.82 Å². The Kier molecular flexibility index (Phi) is 4.21. The second-order valence-corrected chi connectivity index (χ2v) is 7.42. The highest BCUT2D eigenvalue weighted by molar-refractivity contribution is 5.78. The van der Waals surface area contributed by atoms with Crippen molar-refractivity contribution < 1.29 is 9.18 Å². The summed E-state index contributed by atoms with van der Waals surface area (Å²) in [6.07, 6.45) is 4.07. The van der Waals surface area contributed by atoms with Gasteiger partial charge in [0.2, 0.25) is 5.91 Å². The molecule has 3 fully saturated rings. The van der Waals surface area contributed by atoms with Crippen molar-refractivity contribution in [2.75, 3.05) is 37.6 Å². The maximum atomic E-state index is 13.3. The van der Waals surface area contributed by atoms with Gasteiger partial charge in [-0.15, -0.1) is 0 Å². The molecule has 0 aromatic heterocycles. The summed E-state index contributed by atoms with van der Waals surface area (Å²) < 4.78 is 13.3. The highest BCUT2D eigenvalue weighted by atomic mass is 19.1. The molecule has 0 aliphatic carbocycles. The Morgan fingerprint density at radius 1 is 1.04 bits per heavy atom. The first kappa shape index (κ1) is 15.9. The monoisotopic (exact) mass is 331 g/mol. The lowest BCUT2D eigenvalue weighted by atomic mass is 9.99. The first-order chi connectivity index (χ1) is 11.6. The number of rotatable bonds is 2. The van der Waals surface area contributed by atoms with Crippen molar-refractivity contribution in [1.29, 1.82) is 0 Å². The van der Waals surface area contributed by atoms with Crippen LogP contribution in [0.15, 0.2) is 18.2 Å². The van der Waals surface area contributed by atoms with E-state index in [0.29, 0.717) is 18.0 Å². The zero-order chi connectivity index (χ0) is 16.7. The third-order valence-electron chi connectivity index (χ3n) is 6.01. The average molecular weight is 331 g/mol. The highest BCUT2D eigenvalue weighted by Gasteiger charge is 2.38. The van der Waals surface area contributed by atoms with Crippen molar-refractivity contribution in [3.05, 3.63) is 29.6 Å². The van der Waals surface area contributed by atoms with E-state index in [1.807, 2.05) is 13.0 Å². The van der Waals surface area contributed by atoms with Crippen LogP contribution in [-0.4, -0.2) is 60.5 Å². The Morgan fingerprint density at radius 2 is 1.83 bits per heavy atom. The second kappa shape index (κ2) is 6.36. The van der Waals surface area contributed by atoms with Crippen molar-refractivity contribution in [1.82, 2.24) is 9.80 Å². The number of nitrogens with zero attached hydrogens (tertiary/aromatic N) is 3. The van der Waals surface area contributed by atoms with Crippen LogP contribution in [0, 0.1) is 12.7 Å². The zero-order valence-corrected chi connectivity index (χ0v) is 14.4. The number of halogens is 1. The minimum atomic E-state index is -0.157. The molecule has 5 heteroatoms. The quantitative estimate of drug-likeness (QED) is 0.833. The smallest absolute Gasteiger partial charge is 0.222 e. The minimum Gasteiger partial charge on any atom is -0.371 e. The van der Waals surface area contributed by atoms with Gasteiger partial charge in [0.05, 0.1) is 0 Å². The topological polar surface area (TPSA) is 26.8 Å². The molecule has 0 saturated carbocycles. The molecule has 0 spiro atoms. The van der Waals surface area contributed by atoms with Crippen molar-refractivity contribution in [2.45, 2.75) is 44.7 Å². The van der Waals surface area contributed by atoms with Crippen molar-refractivity contribution in [2.24, 2.45) is 0 Å². The Bertz CT molecular complexity index is 627. The number of piperazine rings is 1. The Balaban J connectivity index is 1.35. The molecule has 0 radical (unpaired) electrons. The maximum Gasteiger partial charge on any atom is 0.222 e. The first-order valence-electron chi connectivity index (χ1n) is 9.16. The van der Waals surface area contributed by atoms with E-state index in [4.69, 9.17) is 0 Å². The molecular weight excluding hydrogens is 305 g/mol. The van der Waals surface area contributed by atoms with Crippen LogP contribution in [0.2, 0.25) is 0 Å². The van der Waals surface area contributed by atoms with Crippen LogP contribution in [-0.2, 0) is 4.79 Å². The molecule has 3 aliphatic heterocycles. The number of benzene rings is 1. The number of carbonyl (C=O) groups is 1. The van der Waals surface area contributed by atoms with E-state index < -0.39 is 0 Å². The maximum absolute atomic E-state index is 13.3. The molecule has 3 aliphatic rings. The van der Waals surface area contributed by atoms with Crippen molar-refractivity contribution in [3.63, 3.8) is 0 Å². The fraction of sp³-hybridized carbons (Fsp3) is 0.632.